The third-order valence-corrected chi connectivity index (χ3v) is 26.3. The Morgan fingerprint density at radius 2 is 0.477 bits per heavy atom. The molecule has 0 amide bonds. The Morgan fingerprint density at radius 1 is 0.193 bits per heavy atom. The van der Waals surface area contributed by atoms with Crippen LogP contribution in [0.5, 0.6) is 0 Å². The highest BCUT2D eigenvalue weighted by Gasteiger charge is 2.14. The molecule has 0 radical (unpaired) electrons. The first-order chi connectivity index (χ1) is 53.9. The molecule has 0 aliphatic heterocycles. The van der Waals surface area contributed by atoms with Crippen LogP contribution >= 0.6 is 79.4 Å². The second-order valence-electron chi connectivity index (χ2n) is 26.1. The molecular weight excluding hydrogens is 1460 g/mol. The Labute approximate surface area is 654 Å². The molecule has 13 heteroatoms. The van der Waals surface area contributed by atoms with Crippen molar-refractivity contribution in [1.82, 2.24) is 29.9 Å². The Bertz CT molecular complexity index is 6910. The Morgan fingerprint density at radius 3 is 0.807 bits per heavy atom. The number of para-hydroxylation sites is 6. The quantitative estimate of drug-likeness (QED) is 0.136. The maximum Gasteiger partial charge on any atom is 0.108 e. The zero-order valence-electron chi connectivity index (χ0n) is 58.2. The van der Waals surface area contributed by atoms with Crippen molar-refractivity contribution in [2.75, 3.05) is 0 Å². The Kier molecular flexibility index (Phi) is 18.7. The lowest BCUT2D eigenvalue weighted by Gasteiger charge is -2.01. The second-order valence-corrected chi connectivity index (χ2v) is 33.5. The molecular formula is C96H60N6S7. The molecule has 21 rings (SSSR count). The van der Waals surface area contributed by atoms with Gasteiger partial charge in [-0.25, -0.2) is 29.9 Å². The van der Waals surface area contributed by atoms with E-state index in [9.17, 15) is 0 Å². The third-order valence-electron chi connectivity index (χ3n) is 18.9. The van der Waals surface area contributed by atoms with Gasteiger partial charge in [-0.05, 0) is 198 Å². The van der Waals surface area contributed by atoms with Crippen LogP contribution in [0.2, 0.25) is 0 Å². The summed E-state index contributed by atoms with van der Waals surface area (Å²) in [5.74, 6) is 0. The third kappa shape index (κ3) is 14.6. The molecule has 0 bridgehead atoms. The van der Waals surface area contributed by atoms with Crippen LogP contribution in [0.3, 0.4) is 0 Å². The molecule has 109 heavy (non-hydrogen) atoms. The molecule has 0 saturated heterocycles. The molecule has 0 fully saturated rings. The molecule has 11 aromatic carbocycles. The fraction of sp³-hybridized carbons (Fsp3) is 0. The van der Waals surface area contributed by atoms with Gasteiger partial charge in [0.2, 0.25) is 0 Å². The van der Waals surface area contributed by atoms with E-state index >= 15 is 0 Å². The van der Waals surface area contributed by atoms with Gasteiger partial charge in [0.1, 0.15) is 33.1 Å². The van der Waals surface area contributed by atoms with Gasteiger partial charge in [0.05, 0.1) is 60.3 Å². The van der Waals surface area contributed by atoms with Crippen molar-refractivity contribution in [2.45, 2.75) is 0 Å². The number of nitrogens with zero attached hydrogens (tertiary/aromatic N) is 6. The van der Waals surface area contributed by atoms with E-state index in [4.69, 9.17) is 29.9 Å². The van der Waals surface area contributed by atoms with Crippen LogP contribution in [0.25, 0.3) is 166 Å². The highest BCUT2D eigenvalue weighted by Crippen LogP contribution is 2.34. The first-order valence-electron chi connectivity index (χ1n) is 35.6. The normalized spacial score (nSPS) is 12.7. The lowest BCUT2D eigenvalue weighted by molar-refractivity contribution is 1.40. The molecule has 21 aromatic rings. The zero-order chi connectivity index (χ0) is 72.4. The number of fused-ring (bicyclic) bond motifs is 8. The number of benzene rings is 11. The van der Waals surface area contributed by atoms with Gasteiger partial charge in [-0.3, -0.25) is 0 Å². The molecule has 0 aliphatic carbocycles. The predicted molar refractivity (Wildman–Crippen MR) is 471 cm³/mol. The first kappa shape index (κ1) is 67.5. The van der Waals surface area contributed by atoms with E-state index in [1.807, 2.05) is 108 Å². The van der Waals surface area contributed by atoms with E-state index in [1.54, 1.807) is 56.7 Å². The minimum atomic E-state index is 0.913. The lowest BCUT2D eigenvalue weighted by atomic mass is 10.0. The number of hydrogen-bond acceptors (Lipinski definition) is 13. The monoisotopic (exact) mass is 1520 g/mol. The van der Waals surface area contributed by atoms with E-state index in [1.165, 1.54) is 84.2 Å². The van der Waals surface area contributed by atoms with Crippen molar-refractivity contribution >= 4 is 204 Å². The van der Waals surface area contributed by atoms with Crippen molar-refractivity contribution in [3.63, 3.8) is 0 Å². The number of hydrogen-bond donors (Lipinski definition) is 0. The van der Waals surface area contributed by atoms with Gasteiger partial charge < -0.3 is 0 Å². The number of aromatic nitrogens is 6. The molecule has 0 unspecified atom stereocenters. The van der Waals surface area contributed by atoms with Crippen LogP contribution < -0.4 is 27.2 Å². The molecule has 0 atom stereocenters. The molecule has 6 nitrogen and oxygen atoms in total. The summed E-state index contributed by atoms with van der Waals surface area (Å²) in [6.45, 7) is 0. The predicted octanol–water partition coefficient (Wildman–Crippen LogP) is 22.7. The van der Waals surface area contributed by atoms with E-state index in [-0.39, 0.29) is 0 Å². The van der Waals surface area contributed by atoms with Crippen molar-refractivity contribution in [3.05, 3.63) is 385 Å². The average Bonchev–Trinajstić information content (AvgIpc) is 1.61. The zero-order valence-corrected chi connectivity index (χ0v) is 63.9. The first-order valence-corrected chi connectivity index (χ1v) is 41.5. The summed E-state index contributed by atoms with van der Waals surface area (Å²) in [6.07, 6.45) is 13.4. The maximum absolute atomic E-state index is 5.05. The van der Waals surface area contributed by atoms with Gasteiger partial charge in [-0.15, -0.1) is 79.4 Å². The molecule has 0 aliphatic rings. The fourth-order valence-electron chi connectivity index (χ4n) is 13.5. The summed E-state index contributed by atoms with van der Waals surface area (Å²) in [4.78, 5) is 38.0. The topological polar surface area (TPSA) is 77.3 Å². The second kappa shape index (κ2) is 30.3. The van der Waals surface area contributed by atoms with Crippen LogP contribution in [0, 0.1) is 0 Å². The summed E-state index contributed by atoms with van der Waals surface area (Å²) in [5, 5.41) is 9.22. The largest absolute Gasteiger partial charge is 0.243 e. The van der Waals surface area contributed by atoms with E-state index in [0.717, 1.165) is 105 Å². The summed E-state index contributed by atoms with van der Waals surface area (Å²) in [7, 11) is 0. The van der Waals surface area contributed by atoms with E-state index in [2.05, 4.69) is 278 Å². The lowest BCUT2D eigenvalue weighted by Crippen LogP contribution is -1.98. The molecule has 516 valence electrons. The van der Waals surface area contributed by atoms with Crippen LogP contribution in [0.4, 0.5) is 0 Å². The Hall–Kier alpha value is -12.1. The average molecular weight is 1520 g/mol. The summed E-state index contributed by atoms with van der Waals surface area (Å²) in [6, 6.07) is 110. The van der Waals surface area contributed by atoms with Crippen LogP contribution in [-0.2, 0) is 0 Å². The molecule has 10 aromatic heterocycles. The number of thiophene rings is 7. The Balaban J connectivity index is 0.000000111. The molecule has 10 heterocycles. The van der Waals surface area contributed by atoms with Crippen LogP contribution in [0.15, 0.2) is 326 Å². The van der Waals surface area contributed by atoms with Crippen molar-refractivity contribution < 1.29 is 0 Å². The highest BCUT2D eigenvalue weighted by atomic mass is 32.1. The summed E-state index contributed by atoms with van der Waals surface area (Å²) < 4.78 is 6.78. The van der Waals surface area contributed by atoms with Gasteiger partial charge in [-0.1, -0.05) is 231 Å². The summed E-state index contributed by atoms with van der Waals surface area (Å²) in [5.41, 5.74) is 20.7. The molecule has 0 saturated carbocycles. The fourth-order valence-corrected chi connectivity index (χ4v) is 20.5. The minimum Gasteiger partial charge on any atom is -0.243 e. The van der Waals surface area contributed by atoms with Crippen molar-refractivity contribution in [3.8, 4) is 41.8 Å². The van der Waals surface area contributed by atoms with Crippen molar-refractivity contribution in [2.24, 2.45) is 0 Å². The van der Waals surface area contributed by atoms with Crippen molar-refractivity contribution in [1.29, 1.82) is 0 Å². The van der Waals surface area contributed by atoms with E-state index in [0.29, 0.717) is 0 Å². The standard InChI is InChI=1S/C36H24N2S.C32H20N2S.C28H16N2S5/c1-3-9-27(10-4-1)29-19-15-25(16-20-29)23-33-35-36(38-32-14-8-7-13-31(32)37-35)34(39-33)24-26-17-21-30(22-18-26)28-11-5-2-6-12-28;1-3-9-25-17-21(13-15-23(25)7-1)19-29-31-32(34-28-12-6-5-11-27(28)33-31)30(35-29)20-22-14-16-24-8-2-4-10-26(24)18-22;1-2-6-20-19(5-1)29-27-25(15-17-9-11-23(33-17)21-7-3-13-31-21)35-26(28(27)30-20)16-18-10-12-24(34-18)22-8-4-14-32-22/h1-24H;1-20H;1-16H/b33-23-,34-24-;29-19-,30-20-;25-15-,26-16-. The molecule has 0 N–H and O–H groups in total. The summed E-state index contributed by atoms with van der Waals surface area (Å²) >= 11 is 12.5. The number of rotatable bonds is 10. The van der Waals surface area contributed by atoms with Crippen LogP contribution in [-0.4, -0.2) is 29.9 Å². The van der Waals surface area contributed by atoms with Crippen LogP contribution in [0.1, 0.15) is 32.0 Å². The SMILES string of the molecule is C(/c1ccc(-c2ccccc2)cc1)=c1/s/c(=C\c2ccc(-c3ccccc3)cc2)c2nc3ccccc3nc12.C(/c1ccc(-c2cccs2)s1)=c1/s/c(=C\c2ccc(-c3cccs3)s2)c2nc3ccccc3nc12.C(/c1ccc2ccccc2c1)=c1/s/c(=C\c2ccc3ccccc3c2)c2nc3ccccc3nc12. The minimum absolute atomic E-state index is 0.913. The van der Waals surface area contributed by atoms with Gasteiger partial charge >= 0.3 is 0 Å². The van der Waals surface area contributed by atoms with Gasteiger partial charge in [-0.2, -0.15) is 0 Å². The maximum atomic E-state index is 5.05. The smallest absolute Gasteiger partial charge is 0.108 e. The molecule has 0 spiro atoms. The van der Waals surface area contributed by atoms with Gasteiger partial charge in [0.25, 0.3) is 0 Å². The van der Waals surface area contributed by atoms with E-state index < -0.39 is 0 Å². The van der Waals surface area contributed by atoms with Gasteiger partial charge in [0.15, 0.2) is 0 Å². The van der Waals surface area contributed by atoms with Gasteiger partial charge in [0, 0.05) is 29.3 Å². The highest BCUT2D eigenvalue weighted by molar-refractivity contribution is 7.22.